The molecule has 0 fully saturated rings. The second kappa shape index (κ2) is 5.40. The molecule has 0 aromatic carbocycles. The molecule has 0 aliphatic heterocycles. The third kappa shape index (κ3) is 3.40. The van der Waals surface area contributed by atoms with E-state index in [9.17, 15) is 18.0 Å². The average molecular weight is 286 g/mol. The van der Waals surface area contributed by atoms with E-state index in [2.05, 4.69) is 15.3 Å². The van der Waals surface area contributed by atoms with Crippen molar-refractivity contribution in [3.05, 3.63) is 42.2 Å². The van der Waals surface area contributed by atoms with Gasteiger partial charge in [0, 0.05) is 18.6 Å². The number of carbonyl (C=O) groups is 1. The van der Waals surface area contributed by atoms with Gasteiger partial charge in [0.15, 0.2) is 0 Å². The van der Waals surface area contributed by atoms with E-state index < -0.39 is 24.7 Å². The molecule has 2 aromatic rings. The van der Waals surface area contributed by atoms with Gasteiger partial charge in [-0.2, -0.15) is 13.2 Å². The van der Waals surface area contributed by atoms with Gasteiger partial charge in [-0.3, -0.25) is 4.79 Å². The number of alkyl halides is 3. The fraction of sp³-hybridized carbons (Fsp3) is 0.333. The maximum absolute atomic E-state index is 12.4. The molecule has 1 unspecified atom stereocenters. The Morgan fingerprint density at radius 3 is 2.90 bits per heavy atom. The molecule has 8 heteroatoms. The SMILES string of the molecule is CC(NC(=O)c1cccn1CC(F)(F)F)c1ncc[nH]1. The number of amides is 1. The zero-order valence-electron chi connectivity index (χ0n) is 10.6. The van der Waals surface area contributed by atoms with E-state index in [4.69, 9.17) is 0 Å². The quantitative estimate of drug-likeness (QED) is 0.905. The number of H-pyrrole nitrogens is 1. The molecule has 2 N–H and O–H groups in total. The van der Waals surface area contributed by atoms with E-state index in [1.165, 1.54) is 24.5 Å². The number of carbonyl (C=O) groups excluding carboxylic acids is 1. The molecule has 0 spiro atoms. The van der Waals surface area contributed by atoms with Crippen molar-refractivity contribution >= 4 is 5.91 Å². The Morgan fingerprint density at radius 2 is 2.30 bits per heavy atom. The second-order valence-electron chi connectivity index (χ2n) is 4.31. The van der Waals surface area contributed by atoms with Crippen LogP contribution in [-0.4, -0.2) is 26.6 Å². The Balaban J connectivity index is 2.08. The number of aromatic nitrogens is 3. The lowest BCUT2D eigenvalue weighted by atomic mass is 10.3. The molecule has 1 atom stereocenters. The Morgan fingerprint density at radius 1 is 1.55 bits per heavy atom. The third-order valence-corrected chi connectivity index (χ3v) is 2.69. The molecule has 5 nitrogen and oxygen atoms in total. The highest BCUT2D eigenvalue weighted by molar-refractivity contribution is 5.92. The molecule has 108 valence electrons. The molecule has 2 rings (SSSR count). The summed E-state index contributed by atoms with van der Waals surface area (Å²) in [6, 6.07) is 2.32. The van der Waals surface area contributed by atoms with Gasteiger partial charge in [0.1, 0.15) is 18.1 Å². The molecule has 0 radical (unpaired) electrons. The van der Waals surface area contributed by atoms with Gasteiger partial charge < -0.3 is 14.9 Å². The fourth-order valence-corrected chi connectivity index (χ4v) is 1.80. The Labute approximate surface area is 112 Å². The average Bonchev–Trinajstić information content (AvgIpc) is 2.96. The van der Waals surface area contributed by atoms with Crippen molar-refractivity contribution in [1.29, 1.82) is 0 Å². The van der Waals surface area contributed by atoms with Crippen molar-refractivity contribution in [3.63, 3.8) is 0 Å². The first-order chi connectivity index (χ1) is 9.37. The van der Waals surface area contributed by atoms with Gasteiger partial charge in [0.25, 0.3) is 5.91 Å². The van der Waals surface area contributed by atoms with Crippen molar-refractivity contribution in [3.8, 4) is 0 Å². The lowest BCUT2D eigenvalue weighted by Gasteiger charge is -2.14. The van der Waals surface area contributed by atoms with Crippen LogP contribution in [0.2, 0.25) is 0 Å². The molecular formula is C12H13F3N4O. The molecule has 1 amide bonds. The molecule has 0 saturated carbocycles. The number of rotatable bonds is 4. The van der Waals surface area contributed by atoms with Crippen LogP contribution in [0.5, 0.6) is 0 Å². The summed E-state index contributed by atoms with van der Waals surface area (Å²) >= 11 is 0. The zero-order valence-corrected chi connectivity index (χ0v) is 10.6. The minimum Gasteiger partial charge on any atom is -0.347 e. The summed E-state index contributed by atoms with van der Waals surface area (Å²) in [6.07, 6.45) is -0.0185. The third-order valence-electron chi connectivity index (χ3n) is 2.69. The van der Waals surface area contributed by atoms with Crippen LogP contribution in [0.15, 0.2) is 30.7 Å². The highest BCUT2D eigenvalue weighted by Crippen LogP contribution is 2.19. The highest BCUT2D eigenvalue weighted by Gasteiger charge is 2.29. The summed E-state index contributed by atoms with van der Waals surface area (Å²) in [4.78, 5) is 18.8. The zero-order chi connectivity index (χ0) is 14.8. The van der Waals surface area contributed by atoms with Crippen molar-refractivity contribution in [2.24, 2.45) is 0 Å². The van der Waals surface area contributed by atoms with Gasteiger partial charge in [-0.05, 0) is 19.1 Å². The highest BCUT2D eigenvalue weighted by atomic mass is 19.4. The maximum Gasteiger partial charge on any atom is 0.406 e. The summed E-state index contributed by atoms with van der Waals surface area (Å²) in [7, 11) is 0. The first-order valence-electron chi connectivity index (χ1n) is 5.89. The number of nitrogens with one attached hydrogen (secondary N) is 2. The van der Waals surface area contributed by atoms with Gasteiger partial charge in [0.2, 0.25) is 0 Å². The van der Waals surface area contributed by atoms with Crippen molar-refractivity contribution < 1.29 is 18.0 Å². The van der Waals surface area contributed by atoms with Gasteiger partial charge in [-0.1, -0.05) is 0 Å². The standard InChI is InChI=1S/C12H13F3N4O/c1-8(10-16-4-5-17-10)18-11(20)9-3-2-6-19(9)7-12(13,14)15/h2-6,8H,7H2,1H3,(H,16,17)(H,18,20). The first-order valence-corrected chi connectivity index (χ1v) is 5.89. The molecule has 2 heterocycles. The van der Waals surface area contributed by atoms with Crippen LogP contribution in [0.3, 0.4) is 0 Å². The van der Waals surface area contributed by atoms with Crippen LogP contribution in [0.4, 0.5) is 13.2 Å². The lowest BCUT2D eigenvalue weighted by molar-refractivity contribution is -0.140. The van der Waals surface area contributed by atoms with Crippen LogP contribution >= 0.6 is 0 Å². The Kier molecular flexibility index (Phi) is 3.82. The largest absolute Gasteiger partial charge is 0.406 e. The molecule has 0 saturated heterocycles. The minimum absolute atomic E-state index is 0.0410. The van der Waals surface area contributed by atoms with Crippen LogP contribution in [-0.2, 0) is 6.54 Å². The summed E-state index contributed by atoms with van der Waals surface area (Å²) in [5.74, 6) is -0.0459. The molecule has 2 aromatic heterocycles. The van der Waals surface area contributed by atoms with E-state index in [0.717, 1.165) is 4.57 Å². The normalized spacial score (nSPS) is 13.2. The number of aromatic amines is 1. The van der Waals surface area contributed by atoms with Crippen LogP contribution < -0.4 is 5.32 Å². The smallest absolute Gasteiger partial charge is 0.347 e. The summed E-state index contributed by atoms with van der Waals surface area (Å²) in [6.45, 7) is 0.492. The number of hydrogen-bond donors (Lipinski definition) is 2. The van der Waals surface area contributed by atoms with E-state index in [1.807, 2.05) is 0 Å². The fourth-order valence-electron chi connectivity index (χ4n) is 1.80. The molecular weight excluding hydrogens is 273 g/mol. The summed E-state index contributed by atoms with van der Waals surface area (Å²) in [5.41, 5.74) is -0.0410. The number of nitrogens with zero attached hydrogens (tertiary/aromatic N) is 2. The predicted octanol–water partition coefficient (Wildman–Crippen LogP) is 2.26. The number of halogens is 3. The number of imidazole rings is 1. The van der Waals surface area contributed by atoms with E-state index in [0.29, 0.717) is 5.82 Å². The van der Waals surface area contributed by atoms with E-state index in [1.54, 1.807) is 13.1 Å². The Hall–Kier alpha value is -2.25. The minimum atomic E-state index is -4.37. The van der Waals surface area contributed by atoms with Crippen molar-refractivity contribution in [2.45, 2.75) is 25.7 Å². The maximum atomic E-state index is 12.4. The molecule has 0 bridgehead atoms. The number of hydrogen-bond acceptors (Lipinski definition) is 2. The van der Waals surface area contributed by atoms with Gasteiger partial charge >= 0.3 is 6.18 Å². The topological polar surface area (TPSA) is 62.7 Å². The van der Waals surface area contributed by atoms with E-state index >= 15 is 0 Å². The first kappa shape index (κ1) is 14.2. The van der Waals surface area contributed by atoms with Gasteiger partial charge in [0.05, 0.1) is 6.04 Å². The second-order valence-corrected chi connectivity index (χ2v) is 4.31. The van der Waals surface area contributed by atoms with E-state index in [-0.39, 0.29) is 5.69 Å². The van der Waals surface area contributed by atoms with Gasteiger partial charge in [-0.15, -0.1) is 0 Å². The van der Waals surface area contributed by atoms with Crippen LogP contribution in [0, 0.1) is 0 Å². The monoisotopic (exact) mass is 286 g/mol. The summed E-state index contributed by atoms with van der Waals surface area (Å²) < 4.78 is 38.0. The van der Waals surface area contributed by atoms with Gasteiger partial charge in [-0.25, -0.2) is 4.98 Å². The predicted molar refractivity (Wildman–Crippen MR) is 65.0 cm³/mol. The van der Waals surface area contributed by atoms with Crippen LogP contribution in [0.25, 0.3) is 0 Å². The Bertz CT molecular complexity index is 574. The molecule has 0 aliphatic rings. The molecule has 20 heavy (non-hydrogen) atoms. The van der Waals surface area contributed by atoms with Crippen LogP contribution in [0.1, 0.15) is 29.3 Å². The molecule has 0 aliphatic carbocycles. The van der Waals surface area contributed by atoms with Crippen molar-refractivity contribution in [1.82, 2.24) is 19.9 Å². The lowest BCUT2D eigenvalue weighted by Crippen LogP contribution is -2.30. The van der Waals surface area contributed by atoms with Crippen molar-refractivity contribution in [2.75, 3.05) is 0 Å². The summed E-state index contributed by atoms with van der Waals surface area (Å²) in [5, 5.41) is 2.59.